The lowest BCUT2D eigenvalue weighted by atomic mass is 10.0. The van der Waals surface area contributed by atoms with Crippen LogP contribution in [-0.4, -0.2) is 47.8 Å². The smallest absolute Gasteiger partial charge is 0.227 e. The Bertz CT molecular complexity index is 1000. The minimum Gasteiger partial charge on any atom is -0.497 e. The van der Waals surface area contributed by atoms with Crippen molar-refractivity contribution in [3.63, 3.8) is 0 Å². The fraction of sp³-hybridized carbons (Fsp3) is 0.333. The molecule has 3 aromatic rings. The van der Waals surface area contributed by atoms with Crippen LogP contribution in [0, 0.1) is 5.82 Å². The Morgan fingerprint density at radius 1 is 1.16 bits per heavy atom. The van der Waals surface area contributed by atoms with Crippen LogP contribution in [0.5, 0.6) is 11.5 Å². The fourth-order valence-corrected chi connectivity index (χ4v) is 3.78. The highest BCUT2D eigenvalue weighted by atomic mass is 19.1. The van der Waals surface area contributed by atoms with Crippen molar-refractivity contribution in [1.29, 1.82) is 0 Å². The van der Waals surface area contributed by atoms with E-state index < -0.39 is 0 Å². The van der Waals surface area contributed by atoms with Gasteiger partial charge in [0, 0.05) is 31.1 Å². The first-order chi connectivity index (χ1) is 15.1. The van der Waals surface area contributed by atoms with Crippen LogP contribution in [0.2, 0.25) is 0 Å². The molecule has 1 N–H and O–H groups in total. The van der Waals surface area contributed by atoms with Crippen LogP contribution in [-0.2, 0) is 17.6 Å². The van der Waals surface area contributed by atoms with Gasteiger partial charge in [0.2, 0.25) is 5.91 Å². The Balaban J connectivity index is 1.25. The number of nitrogens with zero attached hydrogens (tertiary/aromatic N) is 2. The second kappa shape index (κ2) is 9.64. The van der Waals surface area contributed by atoms with Crippen LogP contribution >= 0.6 is 0 Å². The predicted molar refractivity (Wildman–Crippen MR) is 115 cm³/mol. The number of halogens is 1. The van der Waals surface area contributed by atoms with Crippen LogP contribution in [0.15, 0.2) is 54.6 Å². The van der Waals surface area contributed by atoms with Gasteiger partial charge in [0.1, 0.15) is 17.3 Å². The van der Waals surface area contributed by atoms with E-state index in [-0.39, 0.29) is 17.6 Å². The van der Waals surface area contributed by atoms with Crippen molar-refractivity contribution in [2.45, 2.75) is 25.2 Å². The first kappa shape index (κ1) is 20.9. The maximum Gasteiger partial charge on any atom is 0.227 e. The van der Waals surface area contributed by atoms with Crippen molar-refractivity contribution < 1.29 is 18.7 Å². The van der Waals surface area contributed by atoms with Crippen molar-refractivity contribution in [1.82, 2.24) is 15.1 Å². The van der Waals surface area contributed by atoms with Gasteiger partial charge in [-0.05, 0) is 54.4 Å². The average Bonchev–Trinajstić information content (AvgIpc) is 3.46. The van der Waals surface area contributed by atoms with E-state index in [9.17, 15) is 9.18 Å². The fourth-order valence-electron chi connectivity index (χ4n) is 3.78. The molecule has 1 aliphatic heterocycles. The summed E-state index contributed by atoms with van der Waals surface area (Å²) in [5, 5.41) is 7.54. The lowest BCUT2D eigenvalue weighted by Gasteiger charge is -2.16. The second-order valence-corrected chi connectivity index (χ2v) is 7.72. The van der Waals surface area contributed by atoms with Gasteiger partial charge in [0.25, 0.3) is 0 Å². The summed E-state index contributed by atoms with van der Waals surface area (Å²) in [6.07, 6.45) is 1.91. The molecule has 2 aromatic carbocycles. The minimum absolute atomic E-state index is 0.0674. The summed E-state index contributed by atoms with van der Waals surface area (Å²) in [5.74, 6) is 1.60. The third-order valence-electron chi connectivity index (χ3n) is 5.58. The number of carbonyl (C=O) groups is 1. The zero-order valence-corrected chi connectivity index (χ0v) is 17.5. The van der Waals surface area contributed by atoms with Gasteiger partial charge < -0.3 is 14.4 Å². The van der Waals surface area contributed by atoms with Crippen molar-refractivity contribution in [3.05, 3.63) is 77.4 Å². The standard InChI is InChI=1S/C24H26FN3O3/c1-30-21-6-8-22(9-7-21)31-13-11-20-15-23(27-26-20)18-10-12-28(16-18)24(29)14-17-2-4-19(25)5-3-17/h2-9,15,18H,10-14,16H2,1H3,(H,26,27)/t18-/m1/s1. The van der Waals surface area contributed by atoms with E-state index in [2.05, 4.69) is 16.3 Å². The Hall–Kier alpha value is -3.35. The van der Waals surface area contributed by atoms with Crippen molar-refractivity contribution in [2.75, 3.05) is 26.8 Å². The first-order valence-electron chi connectivity index (χ1n) is 10.4. The normalized spacial score (nSPS) is 15.8. The highest BCUT2D eigenvalue weighted by molar-refractivity contribution is 5.79. The third kappa shape index (κ3) is 5.42. The number of aromatic amines is 1. The number of hydrogen-bond acceptors (Lipinski definition) is 4. The van der Waals surface area contributed by atoms with Crippen LogP contribution in [0.3, 0.4) is 0 Å². The van der Waals surface area contributed by atoms with Crippen molar-refractivity contribution in [3.8, 4) is 11.5 Å². The molecule has 162 valence electrons. The topological polar surface area (TPSA) is 67.5 Å². The Labute approximate surface area is 181 Å². The molecular weight excluding hydrogens is 397 g/mol. The second-order valence-electron chi connectivity index (χ2n) is 7.72. The molecule has 6 nitrogen and oxygen atoms in total. The monoisotopic (exact) mass is 423 g/mol. The number of rotatable bonds is 8. The first-order valence-corrected chi connectivity index (χ1v) is 10.4. The molecule has 7 heteroatoms. The third-order valence-corrected chi connectivity index (χ3v) is 5.58. The number of H-pyrrole nitrogens is 1. The number of methoxy groups -OCH3 is 1. The highest BCUT2D eigenvalue weighted by Gasteiger charge is 2.28. The highest BCUT2D eigenvalue weighted by Crippen LogP contribution is 2.27. The predicted octanol–water partition coefficient (Wildman–Crippen LogP) is 3.74. The molecule has 1 atom stereocenters. The van der Waals surface area contributed by atoms with E-state index in [1.807, 2.05) is 29.2 Å². The molecule has 1 fully saturated rings. The summed E-state index contributed by atoms with van der Waals surface area (Å²) >= 11 is 0. The molecule has 0 spiro atoms. The van der Waals surface area contributed by atoms with Gasteiger partial charge in [0.05, 0.1) is 25.8 Å². The Morgan fingerprint density at radius 2 is 1.90 bits per heavy atom. The molecule has 0 radical (unpaired) electrons. The molecule has 0 unspecified atom stereocenters. The number of benzene rings is 2. The zero-order valence-electron chi connectivity index (χ0n) is 17.5. The molecule has 1 aromatic heterocycles. The van der Waals surface area contributed by atoms with Gasteiger partial charge in [-0.3, -0.25) is 9.89 Å². The number of carbonyl (C=O) groups excluding carboxylic acids is 1. The molecule has 2 heterocycles. The number of aromatic nitrogens is 2. The summed E-state index contributed by atoms with van der Waals surface area (Å²) in [6.45, 7) is 1.92. The van der Waals surface area contributed by atoms with Gasteiger partial charge in [-0.2, -0.15) is 5.10 Å². The van der Waals surface area contributed by atoms with Crippen LogP contribution in [0.25, 0.3) is 0 Å². The van der Waals surface area contributed by atoms with Gasteiger partial charge in [-0.1, -0.05) is 12.1 Å². The summed E-state index contributed by atoms with van der Waals surface area (Å²) in [7, 11) is 1.64. The van der Waals surface area contributed by atoms with Crippen LogP contribution < -0.4 is 9.47 Å². The summed E-state index contributed by atoms with van der Waals surface area (Å²) in [4.78, 5) is 14.4. The number of hydrogen-bond donors (Lipinski definition) is 1. The van der Waals surface area contributed by atoms with Gasteiger partial charge in [-0.15, -0.1) is 0 Å². The maximum atomic E-state index is 13.0. The van der Waals surface area contributed by atoms with E-state index in [4.69, 9.17) is 9.47 Å². The molecule has 4 rings (SSSR count). The zero-order chi connectivity index (χ0) is 21.6. The largest absolute Gasteiger partial charge is 0.497 e. The molecule has 31 heavy (non-hydrogen) atoms. The Morgan fingerprint density at radius 3 is 2.65 bits per heavy atom. The molecule has 1 saturated heterocycles. The van der Waals surface area contributed by atoms with Crippen molar-refractivity contribution in [2.24, 2.45) is 0 Å². The number of ether oxygens (including phenoxy) is 2. The molecule has 1 aliphatic rings. The molecule has 0 bridgehead atoms. The number of amides is 1. The van der Waals surface area contributed by atoms with Crippen molar-refractivity contribution >= 4 is 5.91 Å². The van der Waals surface area contributed by atoms with E-state index in [1.165, 1.54) is 12.1 Å². The van der Waals surface area contributed by atoms with E-state index in [1.54, 1.807) is 19.2 Å². The van der Waals surface area contributed by atoms with E-state index in [0.29, 0.717) is 26.1 Å². The number of likely N-dealkylation sites (tertiary alicyclic amines) is 1. The lowest BCUT2D eigenvalue weighted by Crippen LogP contribution is -2.29. The van der Waals surface area contributed by atoms with Gasteiger partial charge in [0.15, 0.2) is 0 Å². The molecule has 0 aliphatic carbocycles. The summed E-state index contributed by atoms with van der Waals surface area (Å²) in [6, 6.07) is 15.7. The van der Waals surface area contributed by atoms with E-state index in [0.717, 1.165) is 41.3 Å². The summed E-state index contributed by atoms with van der Waals surface area (Å²) in [5.41, 5.74) is 2.82. The molecular formula is C24H26FN3O3. The van der Waals surface area contributed by atoms with E-state index >= 15 is 0 Å². The van der Waals surface area contributed by atoms with Crippen LogP contribution in [0.1, 0.15) is 29.3 Å². The molecule has 1 amide bonds. The number of nitrogens with one attached hydrogen (secondary N) is 1. The minimum atomic E-state index is -0.291. The lowest BCUT2D eigenvalue weighted by molar-refractivity contribution is -0.129. The average molecular weight is 423 g/mol. The maximum absolute atomic E-state index is 13.0. The summed E-state index contributed by atoms with van der Waals surface area (Å²) < 4.78 is 24.0. The SMILES string of the molecule is COc1ccc(OCCc2cc([C@@H]3CCN(C(=O)Cc4ccc(F)cc4)C3)n[nH]2)cc1. The molecule has 0 saturated carbocycles. The van der Waals surface area contributed by atoms with Crippen LogP contribution in [0.4, 0.5) is 4.39 Å². The quantitative estimate of drug-likeness (QED) is 0.599. The van der Waals surface area contributed by atoms with Gasteiger partial charge in [-0.25, -0.2) is 4.39 Å². The Kier molecular flexibility index (Phi) is 6.50. The van der Waals surface area contributed by atoms with Gasteiger partial charge >= 0.3 is 0 Å².